The van der Waals surface area contributed by atoms with Crippen molar-refractivity contribution >= 4 is 5.69 Å². The summed E-state index contributed by atoms with van der Waals surface area (Å²) >= 11 is 0. The van der Waals surface area contributed by atoms with Gasteiger partial charge in [0.2, 0.25) is 0 Å². The molecule has 1 atom stereocenters. The highest BCUT2D eigenvalue weighted by molar-refractivity contribution is 5.42. The Hall–Kier alpha value is -1.02. The number of anilines is 1. The Kier molecular flexibility index (Phi) is 5.53. The Bertz CT molecular complexity index is 323. The van der Waals surface area contributed by atoms with Gasteiger partial charge in [0.25, 0.3) is 0 Å². The van der Waals surface area contributed by atoms with Crippen LogP contribution in [0, 0.1) is 0 Å². The first-order chi connectivity index (χ1) is 8.90. The van der Waals surface area contributed by atoms with Gasteiger partial charge in [0.05, 0.1) is 0 Å². The summed E-state index contributed by atoms with van der Waals surface area (Å²) in [5.41, 5.74) is 1.24. The van der Waals surface area contributed by atoms with Crippen LogP contribution in [0.1, 0.15) is 39.0 Å². The third kappa shape index (κ3) is 4.02. The molecule has 0 bridgehead atoms. The molecule has 2 rings (SSSR count). The Labute approximate surface area is 111 Å². The average molecular weight is 246 g/mol. The lowest BCUT2D eigenvalue weighted by molar-refractivity contribution is 0.202. The summed E-state index contributed by atoms with van der Waals surface area (Å²) in [5, 5.41) is 3.52. The van der Waals surface area contributed by atoms with E-state index in [9.17, 15) is 0 Å². The molecule has 1 aromatic rings. The lowest BCUT2D eigenvalue weighted by Gasteiger charge is -2.29. The molecular formula is C16H26N2. The van der Waals surface area contributed by atoms with Gasteiger partial charge in [-0.25, -0.2) is 0 Å². The van der Waals surface area contributed by atoms with Crippen LogP contribution in [-0.2, 0) is 0 Å². The smallest absolute Gasteiger partial charge is 0.0340 e. The maximum Gasteiger partial charge on any atom is 0.0340 e. The second-order valence-electron chi connectivity index (χ2n) is 5.24. The van der Waals surface area contributed by atoms with E-state index in [0.717, 1.165) is 12.6 Å². The van der Waals surface area contributed by atoms with Crippen molar-refractivity contribution < 1.29 is 0 Å². The number of hydrogen-bond donors (Lipinski definition) is 1. The minimum Gasteiger partial charge on any atom is -0.384 e. The summed E-state index contributed by atoms with van der Waals surface area (Å²) < 4.78 is 0. The molecule has 0 radical (unpaired) electrons. The molecule has 1 aliphatic heterocycles. The maximum atomic E-state index is 3.52. The fourth-order valence-electron chi connectivity index (χ4n) is 2.89. The van der Waals surface area contributed by atoms with Crippen LogP contribution in [0.15, 0.2) is 30.3 Å². The normalized spacial score (nSPS) is 21.5. The summed E-state index contributed by atoms with van der Waals surface area (Å²) in [5.74, 6) is 0. The van der Waals surface area contributed by atoms with E-state index in [-0.39, 0.29) is 0 Å². The number of para-hydroxylation sites is 1. The lowest BCUT2D eigenvalue weighted by Crippen LogP contribution is -2.37. The number of nitrogens with zero attached hydrogens (tertiary/aromatic N) is 1. The van der Waals surface area contributed by atoms with Crippen molar-refractivity contribution in [2.24, 2.45) is 0 Å². The SMILES string of the molecule is CCC1CCCCCN1CCNc1ccccc1. The van der Waals surface area contributed by atoms with Crippen LogP contribution in [0.4, 0.5) is 5.69 Å². The van der Waals surface area contributed by atoms with Crippen molar-refractivity contribution in [3.05, 3.63) is 30.3 Å². The van der Waals surface area contributed by atoms with E-state index in [1.807, 2.05) is 0 Å². The molecule has 1 unspecified atom stereocenters. The molecule has 2 nitrogen and oxygen atoms in total. The number of benzene rings is 1. The van der Waals surface area contributed by atoms with E-state index in [4.69, 9.17) is 0 Å². The minimum atomic E-state index is 0.810. The van der Waals surface area contributed by atoms with Crippen LogP contribution in [0.25, 0.3) is 0 Å². The number of hydrogen-bond acceptors (Lipinski definition) is 2. The molecule has 18 heavy (non-hydrogen) atoms. The highest BCUT2D eigenvalue weighted by Gasteiger charge is 2.18. The van der Waals surface area contributed by atoms with Crippen LogP contribution >= 0.6 is 0 Å². The number of nitrogens with one attached hydrogen (secondary N) is 1. The summed E-state index contributed by atoms with van der Waals surface area (Å²) in [6.45, 7) is 5.84. The Morgan fingerprint density at radius 3 is 2.78 bits per heavy atom. The van der Waals surface area contributed by atoms with Gasteiger partial charge in [0.15, 0.2) is 0 Å². The lowest BCUT2D eigenvalue weighted by atomic mass is 10.1. The first-order valence-electron chi connectivity index (χ1n) is 7.43. The van der Waals surface area contributed by atoms with Gasteiger partial charge in [-0.3, -0.25) is 4.90 Å². The fourth-order valence-corrected chi connectivity index (χ4v) is 2.89. The van der Waals surface area contributed by atoms with Gasteiger partial charge in [-0.2, -0.15) is 0 Å². The molecule has 1 aromatic carbocycles. The first kappa shape index (κ1) is 13.4. The molecule has 2 heteroatoms. The van der Waals surface area contributed by atoms with Gasteiger partial charge in [-0.1, -0.05) is 38.0 Å². The van der Waals surface area contributed by atoms with Gasteiger partial charge in [0, 0.05) is 24.8 Å². The topological polar surface area (TPSA) is 15.3 Å². The van der Waals surface area contributed by atoms with E-state index >= 15 is 0 Å². The zero-order valence-corrected chi connectivity index (χ0v) is 11.6. The molecule has 0 amide bonds. The molecule has 100 valence electrons. The van der Waals surface area contributed by atoms with Gasteiger partial charge < -0.3 is 5.32 Å². The zero-order chi connectivity index (χ0) is 12.6. The largest absolute Gasteiger partial charge is 0.384 e. The Morgan fingerprint density at radius 1 is 1.17 bits per heavy atom. The molecule has 0 aromatic heterocycles. The molecule has 1 N–H and O–H groups in total. The number of rotatable bonds is 5. The zero-order valence-electron chi connectivity index (χ0n) is 11.6. The third-order valence-corrected chi connectivity index (χ3v) is 3.97. The van der Waals surface area contributed by atoms with Gasteiger partial charge in [-0.15, -0.1) is 0 Å². The number of likely N-dealkylation sites (tertiary alicyclic amines) is 1. The van der Waals surface area contributed by atoms with Crippen molar-refractivity contribution in [2.45, 2.75) is 45.1 Å². The van der Waals surface area contributed by atoms with E-state index in [2.05, 4.69) is 47.5 Å². The van der Waals surface area contributed by atoms with Crippen molar-refractivity contribution in [3.8, 4) is 0 Å². The molecule has 1 fully saturated rings. The molecule has 0 saturated carbocycles. The molecule has 1 heterocycles. The fraction of sp³-hybridized carbons (Fsp3) is 0.625. The van der Waals surface area contributed by atoms with Gasteiger partial charge in [-0.05, 0) is 37.9 Å². The second kappa shape index (κ2) is 7.42. The van der Waals surface area contributed by atoms with Gasteiger partial charge in [0.1, 0.15) is 0 Å². The summed E-state index contributed by atoms with van der Waals surface area (Å²) in [6, 6.07) is 11.3. The monoisotopic (exact) mass is 246 g/mol. The predicted molar refractivity (Wildman–Crippen MR) is 79.1 cm³/mol. The third-order valence-electron chi connectivity index (χ3n) is 3.97. The van der Waals surface area contributed by atoms with Crippen molar-refractivity contribution in [1.29, 1.82) is 0 Å². The maximum absolute atomic E-state index is 3.52. The van der Waals surface area contributed by atoms with E-state index < -0.39 is 0 Å². The van der Waals surface area contributed by atoms with Crippen LogP contribution < -0.4 is 5.32 Å². The summed E-state index contributed by atoms with van der Waals surface area (Å²) in [4.78, 5) is 2.68. The molecular weight excluding hydrogens is 220 g/mol. The van der Waals surface area contributed by atoms with Crippen LogP contribution in [-0.4, -0.2) is 30.6 Å². The molecule has 0 spiro atoms. The van der Waals surface area contributed by atoms with Crippen LogP contribution in [0.5, 0.6) is 0 Å². The van der Waals surface area contributed by atoms with Crippen LogP contribution in [0.3, 0.4) is 0 Å². The Morgan fingerprint density at radius 2 is 2.00 bits per heavy atom. The quantitative estimate of drug-likeness (QED) is 0.851. The van der Waals surface area contributed by atoms with Crippen LogP contribution in [0.2, 0.25) is 0 Å². The molecule has 0 aliphatic carbocycles. The highest BCUT2D eigenvalue weighted by atomic mass is 15.2. The van der Waals surface area contributed by atoms with Crippen molar-refractivity contribution in [1.82, 2.24) is 4.90 Å². The Balaban J connectivity index is 1.77. The summed E-state index contributed by atoms with van der Waals surface area (Å²) in [7, 11) is 0. The minimum absolute atomic E-state index is 0.810. The van der Waals surface area contributed by atoms with E-state index in [0.29, 0.717) is 0 Å². The van der Waals surface area contributed by atoms with E-state index in [1.165, 1.54) is 50.9 Å². The predicted octanol–water partition coefficient (Wildman–Crippen LogP) is 3.75. The molecule has 1 aliphatic rings. The highest BCUT2D eigenvalue weighted by Crippen LogP contribution is 2.18. The standard InChI is InChI=1S/C16H26N2/c1-2-16-11-7-4-8-13-18(16)14-12-17-15-9-5-3-6-10-15/h3,5-6,9-10,16-17H,2,4,7-8,11-14H2,1H3. The van der Waals surface area contributed by atoms with Gasteiger partial charge >= 0.3 is 0 Å². The van der Waals surface area contributed by atoms with Crippen molar-refractivity contribution in [3.63, 3.8) is 0 Å². The average Bonchev–Trinajstić information content (AvgIpc) is 2.65. The summed E-state index contributed by atoms with van der Waals surface area (Å²) in [6.07, 6.45) is 6.90. The molecule has 1 saturated heterocycles. The second-order valence-corrected chi connectivity index (χ2v) is 5.24. The van der Waals surface area contributed by atoms with E-state index in [1.54, 1.807) is 0 Å². The first-order valence-corrected chi connectivity index (χ1v) is 7.43. The van der Waals surface area contributed by atoms with Crippen molar-refractivity contribution in [2.75, 3.05) is 25.0 Å².